The average Bonchev–Trinajstić information content (AvgIpc) is 3.31. The van der Waals surface area contributed by atoms with Crippen molar-refractivity contribution in [1.82, 2.24) is 9.78 Å². The highest BCUT2D eigenvalue weighted by molar-refractivity contribution is 6.09. The lowest BCUT2D eigenvalue weighted by Crippen LogP contribution is -2.13. The van der Waals surface area contributed by atoms with E-state index in [0.717, 1.165) is 5.69 Å². The monoisotopic (exact) mass is 443 g/mol. The minimum atomic E-state index is -0.316. The van der Waals surface area contributed by atoms with Crippen molar-refractivity contribution in [3.8, 4) is 34.2 Å². The number of aromatic nitrogens is 2. The van der Waals surface area contributed by atoms with Crippen LogP contribution in [-0.4, -0.2) is 36.5 Å². The number of nitrogens with zero attached hydrogens (tertiary/aromatic N) is 2. The van der Waals surface area contributed by atoms with Crippen LogP contribution in [0.3, 0.4) is 0 Å². The molecule has 0 bridgehead atoms. The van der Waals surface area contributed by atoms with Crippen molar-refractivity contribution in [2.45, 2.75) is 6.92 Å². The van der Waals surface area contributed by atoms with Crippen molar-refractivity contribution in [1.29, 1.82) is 0 Å². The van der Waals surface area contributed by atoms with Crippen molar-refractivity contribution >= 4 is 11.6 Å². The van der Waals surface area contributed by atoms with Gasteiger partial charge >= 0.3 is 0 Å². The summed E-state index contributed by atoms with van der Waals surface area (Å²) < 4.78 is 18.3. The van der Waals surface area contributed by atoms with Crippen molar-refractivity contribution in [3.63, 3.8) is 0 Å². The summed E-state index contributed by atoms with van der Waals surface area (Å²) in [5.41, 5.74) is 2.92. The standard InChI is InChI=1S/C26H25N3O4/c1-4-33-24-13-9-8-12-22(24)27-26(30)21-17-29(18-10-6-5-7-11-18)28-25(21)20-16-19(31-2)14-15-23(20)32-3/h5-17H,4H2,1-3H3,(H,27,30). The zero-order valence-corrected chi connectivity index (χ0v) is 18.7. The summed E-state index contributed by atoms with van der Waals surface area (Å²) in [6.07, 6.45) is 1.71. The van der Waals surface area contributed by atoms with Crippen molar-refractivity contribution in [3.05, 3.63) is 84.6 Å². The number of methoxy groups -OCH3 is 2. The van der Waals surface area contributed by atoms with Crippen molar-refractivity contribution in [2.24, 2.45) is 0 Å². The number of hydrogen-bond donors (Lipinski definition) is 1. The van der Waals surface area contributed by atoms with Gasteiger partial charge in [0.25, 0.3) is 5.91 Å². The fourth-order valence-electron chi connectivity index (χ4n) is 3.49. The second-order valence-electron chi connectivity index (χ2n) is 7.12. The molecule has 33 heavy (non-hydrogen) atoms. The van der Waals surface area contributed by atoms with Crippen LogP contribution in [0.1, 0.15) is 17.3 Å². The van der Waals surface area contributed by atoms with Crippen LogP contribution in [0.25, 0.3) is 16.9 Å². The summed E-state index contributed by atoms with van der Waals surface area (Å²) in [7, 11) is 3.17. The Morgan fingerprint density at radius 2 is 1.70 bits per heavy atom. The number of carbonyl (C=O) groups is 1. The molecule has 4 rings (SSSR count). The number of rotatable bonds is 8. The number of nitrogens with one attached hydrogen (secondary N) is 1. The van der Waals surface area contributed by atoms with Crippen LogP contribution in [0.15, 0.2) is 79.0 Å². The molecule has 0 atom stereocenters. The number of hydrogen-bond acceptors (Lipinski definition) is 5. The van der Waals surface area contributed by atoms with Gasteiger partial charge in [-0.15, -0.1) is 0 Å². The van der Waals surface area contributed by atoms with E-state index in [1.54, 1.807) is 49.4 Å². The van der Waals surface area contributed by atoms with Crippen LogP contribution in [-0.2, 0) is 0 Å². The minimum Gasteiger partial charge on any atom is -0.497 e. The normalized spacial score (nSPS) is 10.5. The van der Waals surface area contributed by atoms with E-state index in [9.17, 15) is 4.79 Å². The van der Waals surface area contributed by atoms with Gasteiger partial charge in [0.05, 0.1) is 37.8 Å². The molecule has 3 aromatic carbocycles. The molecule has 168 valence electrons. The Morgan fingerprint density at radius 1 is 0.939 bits per heavy atom. The van der Waals surface area contributed by atoms with Gasteiger partial charge in [0.1, 0.15) is 22.9 Å². The van der Waals surface area contributed by atoms with Crippen LogP contribution >= 0.6 is 0 Å². The third kappa shape index (κ3) is 4.67. The number of ether oxygens (including phenoxy) is 3. The topological polar surface area (TPSA) is 74.6 Å². The second-order valence-corrected chi connectivity index (χ2v) is 7.12. The number of amides is 1. The smallest absolute Gasteiger partial charge is 0.259 e. The molecular weight excluding hydrogens is 418 g/mol. The predicted molar refractivity (Wildman–Crippen MR) is 128 cm³/mol. The van der Waals surface area contributed by atoms with E-state index < -0.39 is 0 Å². The first-order valence-electron chi connectivity index (χ1n) is 10.5. The molecule has 1 N–H and O–H groups in total. The molecular formula is C26H25N3O4. The van der Waals surface area contributed by atoms with Gasteiger partial charge in [-0.2, -0.15) is 5.10 Å². The summed E-state index contributed by atoms with van der Waals surface area (Å²) in [5, 5.41) is 7.71. The van der Waals surface area contributed by atoms with Gasteiger partial charge in [0.15, 0.2) is 0 Å². The first kappa shape index (κ1) is 22.0. The zero-order chi connectivity index (χ0) is 23.2. The Kier molecular flexibility index (Phi) is 6.59. The van der Waals surface area contributed by atoms with Crippen LogP contribution in [0, 0.1) is 0 Å². The van der Waals surface area contributed by atoms with E-state index in [2.05, 4.69) is 5.32 Å². The van der Waals surface area contributed by atoms with Gasteiger partial charge in [-0.3, -0.25) is 4.79 Å². The van der Waals surface area contributed by atoms with Gasteiger partial charge in [-0.05, 0) is 49.4 Å². The highest BCUT2D eigenvalue weighted by atomic mass is 16.5. The molecule has 1 amide bonds. The van der Waals surface area contributed by atoms with E-state index in [0.29, 0.717) is 46.4 Å². The fraction of sp³-hybridized carbons (Fsp3) is 0.154. The molecule has 0 radical (unpaired) electrons. The minimum absolute atomic E-state index is 0.316. The molecule has 0 fully saturated rings. The van der Waals surface area contributed by atoms with Gasteiger partial charge in [0, 0.05) is 11.8 Å². The van der Waals surface area contributed by atoms with Gasteiger partial charge in [-0.1, -0.05) is 30.3 Å². The molecule has 7 heteroatoms. The maximum absolute atomic E-state index is 13.5. The van der Waals surface area contributed by atoms with E-state index in [4.69, 9.17) is 19.3 Å². The summed E-state index contributed by atoms with van der Waals surface area (Å²) >= 11 is 0. The molecule has 1 heterocycles. The Morgan fingerprint density at radius 3 is 2.42 bits per heavy atom. The maximum Gasteiger partial charge on any atom is 0.259 e. The molecule has 7 nitrogen and oxygen atoms in total. The summed E-state index contributed by atoms with van der Waals surface area (Å²) in [6, 6.07) is 22.3. The first-order chi connectivity index (χ1) is 16.1. The number of anilines is 1. The molecule has 0 saturated carbocycles. The Hall–Kier alpha value is -4.26. The van der Waals surface area contributed by atoms with Crippen molar-refractivity contribution in [2.75, 3.05) is 26.1 Å². The van der Waals surface area contributed by atoms with Crippen LogP contribution in [0.2, 0.25) is 0 Å². The van der Waals surface area contributed by atoms with Crippen LogP contribution in [0.4, 0.5) is 5.69 Å². The summed E-state index contributed by atoms with van der Waals surface area (Å²) in [4.78, 5) is 13.5. The van der Waals surface area contributed by atoms with Gasteiger partial charge in [-0.25, -0.2) is 4.68 Å². The maximum atomic E-state index is 13.5. The molecule has 0 aliphatic carbocycles. The molecule has 0 unspecified atom stereocenters. The van der Waals surface area contributed by atoms with Crippen molar-refractivity contribution < 1.29 is 19.0 Å². The number of para-hydroxylation sites is 3. The second kappa shape index (κ2) is 9.91. The molecule has 0 aliphatic heterocycles. The third-order valence-corrected chi connectivity index (χ3v) is 5.08. The molecule has 0 aliphatic rings. The summed E-state index contributed by atoms with van der Waals surface area (Å²) in [6.45, 7) is 2.39. The Balaban J connectivity index is 1.82. The average molecular weight is 444 g/mol. The molecule has 4 aromatic rings. The highest BCUT2D eigenvalue weighted by Gasteiger charge is 2.23. The van der Waals surface area contributed by atoms with E-state index in [1.807, 2.05) is 55.5 Å². The van der Waals surface area contributed by atoms with E-state index in [-0.39, 0.29) is 5.91 Å². The molecule has 0 saturated heterocycles. The van der Waals surface area contributed by atoms with Gasteiger partial charge in [0.2, 0.25) is 0 Å². The van der Waals surface area contributed by atoms with E-state index >= 15 is 0 Å². The Labute approximate surface area is 192 Å². The molecule has 1 aromatic heterocycles. The third-order valence-electron chi connectivity index (χ3n) is 5.08. The quantitative estimate of drug-likeness (QED) is 0.405. The van der Waals surface area contributed by atoms with E-state index in [1.165, 1.54) is 0 Å². The number of benzene rings is 3. The lowest BCUT2D eigenvalue weighted by atomic mass is 10.1. The lowest BCUT2D eigenvalue weighted by Gasteiger charge is -2.12. The predicted octanol–water partition coefficient (Wildman–Crippen LogP) is 5.21. The number of carbonyl (C=O) groups excluding carboxylic acids is 1. The highest BCUT2D eigenvalue weighted by Crippen LogP contribution is 2.35. The first-order valence-corrected chi connectivity index (χ1v) is 10.5. The molecule has 0 spiro atoms. The van der Waals surface area contributed by atoms with Gasteiger partial charge < -0.3 is 19.5 Å². The Bertz CT molecular complexity index is 1250. The van der Waals surface area contributed by atoms with Crippen LogP contribution < -0.4 is 19.5 Å². The lowest BCUT2D eigenvalue weighted by molar-refractivity contribution is 0.102. The summed E-state index contributed by atoms with van der Waals surface area (Å²) in [5.74, 6) is 1.50. The fourth-order valence-corrected chi connectivity index (χ4v) is 3.49. The SMILES string of the molecule is CCOc1ccccc1NC(=O)c1cn(-c2ccccc2)nc1-c1cc(OC)ccc1OC. The van der Waals surface area contributed by atoms with Crippen LogP contribution in [0.5, 0.6) is 17.2 Å². The largest absolute Gasteiger partial charge is 0.497 e. The zero-order valence-electron chi connectivity index (χ0n) is 18.7.